The monoisotopic (exact) mass is 914 g/mol. The standard InChI is InChI=1S/C54H54N6O8/c61-49-35-68-44-24-17-39(18-25-44)32-46(51(64)56-29-7-12-50(62)63)59-52(65)45(26-19-36-8-3-1-4-9-36)58-54(67)48(34-38-13-20-41(21-14-38)40-10-5-2-6-11-40)60-53(66)47(57-49)33-37-15-22-42(23-16-37)43-27-30-55-31-28-43/h1-6,8-11,13-18,20-25,27-28,30-31,45-48H,7,12,19,26,29,32-35H2,(H,56,64)(H,57,61)(H,58,67)(H,59,65)(H,60,66)(H,62,63)/t45?,46-,47-,48+/m0/s1. The summed E-state index contributed by atoms with van der Waals surface area (Å²) in [6, 6.07) is 40.3. The van der Waals surface area contributed by atoms with Crippen LogP contribution >= 0.6 is 0 Å². The van der Waals surface area contributed by atoms with Crippen molar-refractivity contribution in [2.24, 2.45) is 0 Å². The van der Waals surface area contributed by atoms with Gasteiger partial charge in [0.15, 0.2) is 6.61 Å². The minimum absolute atomic E-state index is 0.0272. The third kappa shape index (κ3) is 14.2. The van der Waals surface area contributed by atoms with E-state index in [-0.39, 0.29) is 45.1 Å². The van der Waals surface area contributed by atoms with Crippen molar-refractivity contribution in [3.8, 4) is 28.0 Å². The highest BCUT2D eigenvalue weighted by Gasteiger charge is 2.32. The number of benzene rings is 5. The molecule has 8 rings (SSSR count). The number of amides is 5. The fraction of sp³-hybridized carbons (Fsp3) is 0.241. The smallest absolute Gasteiger partial charge is 0.303 e. The molecule has 6 N–H and O–H groups in total. The van der Waals surface area contributed by atoms with Crippen LogP contribution in [0.4, 0.5) is 0 Å². The third-order valence-electron chi connectivity index (χ3n) is 11.6. The summed E-state index contributed by atoms with van der Waals surface area (Å²) in [7, 11) is 0. The van der Waals surface area contributed by atoms with Crippen molar-refractivity contribution < 1.29 is 38.6 Å². The summed E-state index contributed by atoms with van der Waals surface area (Å²) in [5.41, 5.74) is 6.89. The van der Waals surface area contributed by atoms with Crippen molar-refractivity contribution >= 4 is 35.5 Å². The molecule has 5 amide bonds. The number of hydrogen-bond donors (Lipinski definition) is 6. The summed E-state index contributed by atoms with van der Waals surface area (Å²) in [5.74, 6) is -3.69. The topological polar surface area (TPSA) is 205 Å². The number of nitrogens with one attached hydrogen (secondary N) is 5. The Kier molecular flexibility index (Phi) is 16.8. The number of rotatable bonds is 14. The summed E-state index contributed by atoms with van der Waals surface area (Å²) < 4.78 is 5.84. The van der Waals surface area contributed by atoms with Gasteiger partial charge in [0.25, 0.3) is 5.91 Å². The van der Waals surface area contributed by atoms with Crippen molar-refractivity contribution in [3.05, 3.63) is 180 Å². The fourth-order valence-electron chi connectivity index (χ4n) is 7.90. The van der Waals surface area contributed by atoms with Gasteiger partial charge in [-0.2, -0.15) is 0 Å². The van der Waals surface area contributed by atoms with E-state index in [0.717, 1.165) is 38.9 Å². The number of pyridine rings is 1. The van der Waals surface area contributed by atoms with Gasteiger partial charge in [-0.05, 0) is 88.0 Å². The molecular weight excluding hydrogens is 861 g/mol. The van der Waals surface area contributed by atoms with Crippen LogP contribution in [0.15, 0.2) is 158 Å². The second-order valence-corrected chi connectivity index (χ2v) is 16.7. The molecule has 5 aromatic carbocycles. The number of fused-ring (bicyclic) bond motifs is 16. The number of ether oxygens (including phenoxy) is 1. The molecule has 0 saturated carbocycles. The molecule has 0 radical (unpaired) electrons. The van der Waals surface area contributed by atoms with Crippen LogP contribution in [0.3, 0.4) is 0 Å². The molecule has 6 aromatic rings. The van der Waals surface area contributed by atoms with Gasteiger partial charge in [-0.3, -0.25) is 33.8 Å². The van der Waals surface area contributed by atoms with Gasteiger partial charge in [0.05, 0.1) is 0 Å². The van der Waals surface area contributed by atoms with E-state index in [0.29, 0.717) is 17.7 Å². The number of hydrogen-bond acceptors (Lipinski definition) is 8. The van der Waals surface area contributed by atoms with Gasteiger partial charge in [-0.1, -0.05) is 121 Å². The average Bonchev–Trinajstić information content (AvgIpc) is 3.36. The van der Waals surface area contributed by atoms with E-state index >= 15 is 0 Å². The van der Waals surface area contributed by atoms with Crippen LogP contribution in [-0.2, 0) is 54.5 Å². The first-order chi connectivity index (χ1) is 33.1. The van der Waals surface area contributed by atoms with E-state index in [1.807, 2.05) is 121 Å². The Morgan fingerprint density at radius 2 is 1.12 bits per heavy atom. The Morgan fingerprint density at radius 1 is 0.588 bits per heavy atom. The minimum Gasteiger partial charge on any atom is -0.484 e. The quantitative estimate of drug-likeness (QED) is 0.0612. The Hall–Kier alpha value is -8.13. The predicted molar refractivity (Wildman–Crippen MR) is 257 cm³/mol. The number of carboxylic acids is 1. The van der Waals surface area contributed by atoms with Crippen LogP contribution in [-0.4, -0.2) is 82.9 Å². The van der Waals surface area contributed by atoms with Gasteiger partial charge in [0, 0.05) is 44.6 Å². The van der Waals surface area contributed by atoms with E-state index in [1.165, 1.54) is 0 Å². The lowest BCUT2D eigenvalue weighted by molar-refractivity contribution is -0.137. The maximum Gasteiger partial charge on any atom is 0.303 e. The maximum atomic E-state index is 14.7. The first-order valence-electron chi connectivity index (χ1n) is 22.7. The number of nitrogens with zero attached hydrogens (tertiary/aromatic N) is 1. The molecule has 348 valence electrons. The van der Waals surface area contributed by atoms with E-state index in [1.54, 1.807) is 36.7 Å². The molecule has 2 aliphatic rings. The zero-order valence-electron chi connectivity index (χ0n) is 37.4. The summed E-state index contributed by atoms with van der Waals surface area (Å²) in [4.78, 5) is 86.4. The van der Waals surface area contributed by atoms with Crippen molar-refractivity contribution in [1.82, 2.24) is 31.6 Å². The normalized spacial score (nSPS) is 18.0. The highest BCUT2D eigenvalue weighted by atomic mass is 16.5. The van der Waals surface area contributed by atoms with Crippen LogP contribution in [0.5, 0.6) is 5.75 Å². The molecule has 1 unspecified atom stereocenters. The van der Waals surface area contributed by atoms with E-state index in [9.17, 15) is 28.8 Å². The van der Waals surface area contributed by atoms with Crippen LogP contribution in [0, 0.1) is 0 Å². The van der Waals surface area contributed by atoms with Crippen molar-refractivity contribution in [2.45, 2.75) is 69.1 Å². The summed E-state index contributed by atoms with van der Waals surface area (Å²) >= 11 is 0. The predicted octanol–water partition coefficient (Wildman–Crippen LogP) is 5.39. The first kappa shape index (κ1) is 47.8. The molecule has 0 fully saturated rings. The zero-order chi connectivity index (χ0) is 47.7. The molecule has 68 heavy (non-hydrogen) atoms. The number of carbonyl (C=O) groups is 6. The Bertz CT molecular complexity index is 2630. The third-order valence-corrected chi connectivity index (χ3v) is 11.6. The SMILES string of the molecule is O=C(O)CCCNC(=O)[C@@H]1Cc2ccc(cc2)OCC(=O)N[C@@H](Cc2ccc(-c3ccncc3)cc2)C(=O)N[C@H](Cc2ccc(-c3ccccc3)cc2)C(=O)NC(CCc2ccccc2)C(=O)N1. The first-order valence-corrected chi connectivity index (χ1v) is 22.7. The number of aromatic nitrogens is 1. The van der Waals surface area contributed by atoms with Crippen molar-refractivity contribution in [3.63, 3.8) is 0 Å². The van der Waals surface area contributed by atoms with Crippen molar-refractivity contribution in [1.29, 1.82) is 0 Å². The Labute approximate surface area is 394 Å². The summed E-state index contributed by atoms with van der Waals surface area (Å²) in [5, 5.41) is 23.4. The van der Waals surface area contributed by atoms with E-state index in [2.05, 4.69) is 31.6 Å². The summed E-state index contributed by atoms with van der Waals surface area (Å²) in [6.07, 6.45) is 4.11. The number of aliphatic carboxylic acids is 1. The minimum atomic E-state index is -1.23. The number of aryl methyl sites for hydroxylation is 1. The lowest BCUT2D eigenvalue weighted by Crippen LogP contribution is -2.59. The molecule has 2 bridgehead atoms. The average molecular weight is 915 g/mol. The second-order valence-electron chi connectivity index (χ2n) is 16.7. The van der Waals surface area contributed by atoms with Gasteiger partial charge >= 0.3 is 5.97 Å². The van der Waals surface area contributed by atoms with Gasteiger partial charge in [0.2, 0.25) is 23.6 Å². The van der Waals surface area contributed by atoms with Crippen LogP contribution < -0.4 is 31.3 Å². The van der Waals surface area contributed by atoms with Crippen LogP contribution in [0.1, 0.15) is 41.5 Å². The molecule has 1 aromatic heterocycles. The van der Waals surface area contributed by atoms with Gasteiger partial charge in [0.1, 0.15) is 29.9 Å². The lowest BCUT2D eigenvalue weighted by atomic mass is 9.98. The zero-order valence-corrected chi connectivity index (χ0v) is 37.4. The van der Waals surface area contributed by atoms with Gasteiger partial charge < -0.3 is 36.4 Å². The summed E-state index contributed by atoms with van der Waals surface area (Å²) in [6.45, 7) is -0.367. The molecule has 0 saturated heterocycles. The van der Waals surface area contributed by atoms with Gasteiger partial charge in [-0.25, -0.2) is 0 Å². The van der Waals surface area contributed by atoms with Crippen molar-refractivity contribution in [2.75, 3.05) is 13.2 Å². The molecule has 4 atom stereocenters. The maximum absolute atomic E-state index is 14.7. The Balaban J connectivity index is 1.21. The Morgan fingerprint density at radius 3 is 1.72 bits per heavy atom. The second kappa shape index (κ2) is 23.9. The van der Waals surface area contributed by atoms with E-state index in [4.69, 9.17) is 9.84 Å². The number of carbonyl (C=O) groups excluding carboxylic acids is 5. The van der Waals surface area contributed by atoms with Crippen LogP contribution in [0.25, 0.3) is 22.3 Å². The molecule has 2 aliphatic heterocycles. The van der Waals surface area contributed by atoms with E-state index < -0.39 is 66.3 Å². The largest absolute Gasteiger partial charge is 0.484 e. The highest BCUT2D eigenvalue weighted by molar-refractivity contribution is 5.96. The fourth-order valence-corrected chi connectivity index (χ4v) is 7.90. The lowest BCUT2D eigenvalue weighted by Gasteiger charge is -2.27. The highest BCUT2D eigenvalue weighted by Crippen LogP contribution is 2.22. The van der Waals surface area contributed by atoms with Gasteiger partial charge in [-0.15, -0.1) is 0 Å². The van der Waals surface area contributed by atoms with Crippen LogP contribution in [0.2, 0.25) is 0 Å². The molecule has 14 nitrogen and oxygen atoms in total. The molecule has 14 heteroatoms. The molecular formula is C54H54N6O8. The number of carboxylic acid groups (broad SMARTS) is 1. The molecule has 0 spiro atoms. The molecule has 3 heterocycles. The molecule has 0 aliphatic carbocycles.